The van der Waals surface area contributed by atoms with Crippen molar-refractivity contribution in [1.82, 2.24) is 0 Å². The number of carbonyl (C=O) groups is 2. The molecular formula is C25H36O8. The number of hydrogen-bond donors (Lipinski definition) is 4. The summed E-state index contributed by atoms with van der Waals surface area (Å²) < 4.78 is 11.9. The molecule has 4 N–H and O–H groups in total. The Morgan fingerprint density at radius 1 is 1.18 bits per heavy atom. The van der Waals surface area contributed by atoms with Crippen LogP contribution in [0, 0.1) is 28.6 Å². The summed E-state index contributed by atoms with van der Waals surface area (Å²) >= 11 is 0. The van der Waals surface area contributed by atoms with Crippen LogP contribution in [0.25, 0.3) is 0 Å². The number of aliphatic hydroxyl groups is 3. The van der Waals surface area contributed by atoms with Crippen molar-refractivity contribution in [3.63, 3.8) is 0 Å². The van der Waals surface area contributed by atoms with Gasteiger partial charge in [-0.2, -0.15) is 0 Å². The minimum absolute atomic E-state index is 0.00127. The molecule has 0 aromatic rings. The second-order valence-electron chi connectivity index (χ2n) is 11.5. The molecule has 5 aliphatic rings. The maximum absolute atomic E-state index is 13.1. The van der Waals surface area contributed by atoms with Crippen LogP contribution in [0.3, 0.4) is 0 Å². The molecule has 1 saturated heterocycles. The smallest absolute Gasteiger partial charge is 0.306 e. The van der Waals surface area contributed by atoms with Gasteiger partial charge in [-0.05, 0) is 55.3 Å². The van der Waals surface area contributed by atoms with E-state index in [4.69, 9.17) is 14.6 Å². The van der Waals surface area contributed by atoms with Gasteiger partial charge in [0.25, 0.3) is 0 Å². The lowest BCUT2D eigenvalue weighted by Crippen LogP contribution is -2.63. The first-order chi connectivity index (χ1) is 15.5. The number of aliphatic carboxylic acids is 1. The zero-order valence-corrected chi connectivity index (χ0v) is 19.5. The van der Waals surface area contributed by atoms with Crippen LogP contribution in [-0.2, 0) is 19.1 Å². The van der Waals surface area contributed by atoms with Crippen molar-refractivity contribution in [2.75, 3.05) is 13.2 Å². The first kappa shape index (κ1) is 23.4. The van der Waals surface area contributed by atoms with Crippen LogP contribution in [0.2, 0.25) is 0 Å². The number of hydrogen-bond acceptors (Lipinski definition) is 7. The lowest BCUT2D eigenvalue weighted by molar-refractivity contribution is -0.203. The zero-order chi connectivity index (χ0) is 23.8. The monoisotopic (exact) mass is 464 g/mol. The van der Waals surface area contributed by atoms with Crippen LogP contribution in [0.15, 0.2) is 11.6 Å². The Labute approximate surface area is 194 Å². The Bertz CT molecular complexity index is 878. The molecular weight excluding hydrogens is 428 g/mol. The number of carboxylic acids is 1. The fourth-order valence-electron chi connectivity index (χ4n) is 8.42. The summed E-state index contributed by atoms with van der Waals surface area (Å²) in [6.45, 7) is 5.29. The van der Waals surface area contributed by atoms with E-state index in [1.54, 1.807) is 0 Å². The number of ketones is 1. The second-order valence-corrected chi connectivity index (χ2v) is 11.5. The van der Waals surface area contributed by atoms with E-state index in [-0.39, 0.29) is 36.0 Å². The first-order valence-corrected chi connectivity index (χ1v) is 12.3. The van der Waals surface area contributed by atoms with Gasteiger partial charge < -0.3 is 29.9 Å². The third-order valence-electron chi connectivity index (χ3n) is 10.1. The van der Waals surface area contributed by atoms with E-state index < -0.39 is 47.2 Å². The zero-order valence-electron chi connectivity index (χ0n) is 19.5. The van der Waals surface area contributed by atoms with E-state index in [2.05, 4.69) is 13.0 Å². The lowest BCUT2D eigenvalue weighted by Gasteiger charge is -2.61. The highest BCUT2D eigenvalue weighted by molar-refractivity contribution is 5.94. The van der Waals surface area contributed by atoms with Gasteiger partial charge in [0.2, 0.25) is 0 Å². The molecule has 1 spiro atoms. The number of carboxylic acid groups (broad SMARTS) is 1. The van der Waals surface area contributed by atoms with Crippen LogP contribution in [0.4, 0.5) is 0 Å². The molecule has 0 bridgehead atoms. The number of fused-ring (bicyclic) bond motifs is 5. The van der Waals surface area contributed by atoms with Crippen molar-refractivity contribution in [2.45, 2.75) is 88.8 Å². The van der Waals surface area contributed by atoms with Gasteiger partial charge in [-0.15, -0.1) is 0 Å². The molecule has 0 amide bonds. The molecule has 8 heteroatoms. The fraction of sp³-hybridized carbons (Fsp3) is 0.840. The predicted octanol–water partition coefficient (Wildman–Crippen LogP) is 1.80. The molecule has 33 heavy (non-hydrogen) atoms. The van der Waals surface area contributed by atoms with E-state index >= 15 is 0 Å². The van der Waals surface area contributed by atoms with Gasteiger partial charge in [0.1, 0.15) is 11.7 Å². The molecule has 3 saturated carbocycles. The normalized spacial score (nSPS) is 46.8. The van der Waals surface area contributed by atoms with Crippen LogP contribution in [0.1, 0.15) is 65.2 Å². The molecule has 0 aromatic carbocycles. The fourth-order valence-corrected chi connectivity index (χ4v) is 8.42. The van der Waals surface area contributed by atoms with Gasteiger partial charge in [0.15, 0.2) is 11.6 Å². The van der Waals surface area contributed by atoms with Crippen LogP contribution in [0.5, 0.6) is 0 Å². The van der Waals surface area contributed by atoms with Gasteiger partial charge >= 0.3 is 5.97 Å². The summed E-state index contributed by atoms with van der Waals surface area (Å²) in [6.07, 6.45) is 3.21. The molecule has 1 unspecified atom stereocenters. The SMILES string of the molecule is C[C@]12CCC3(CC1=CC[C@@H]1[C@@H]2[C@H](O)C[C@@]2(C)[C@H]1CC[C@]2(O)C(=O)C(O)CC(=O)O)OCCO3. The molecule has 8 nitrogen and oxygen atoms in total. The number of ether oxygens (including phenoxy) is 2. The number of carbonyl (C=O) groups excluding carboxylic acids is 1. The lowest BCUT2D eigenvalue weighted by atomic mass is 9.45. The Hall–Kier alpha value is -1.32. The number of rotatable bonds is 4. The third kappa shape index (κ3) is 3.21. The molecule has 5 rings (SSSR count). The minimum Gasteiger partial charge on any atom is -0.481 e. The highest BCUT2D eigenvalue weighted by Crippen LogP contribution is 2.68. The molecule has 1 aliphatic heterocycles. The van der Waals surface area contributed by atoms with E-state index in [1.807, 2.05) is 6.92 Å². The summed E-state index contributed by atoms with van der Waals surface area (Å²) in [7, 11) is 0. The molecule has 184 valence electrons. The summed E-state index contributed by atoms with van der Waals surface area (Å²) in [5, 5.41) is 42.3. The molecule has 4 fully saturated rings. The largest absolute Gasteiger partial charge is 0.481 e. The van der Waals surface area contributed by atoms with Crippen molar-refractivity contribution in [3.8, 4) is 0 Å². The number of Topliss-reactive ketones (excluding diaryl/α,β-unsaturated/α-hetero) is 1. The minimum atomic E-state index is -1.84. The Kier molecular flexibility index (Phi) is 5.39. The number of aliphatic hydroxyl groups excluding tert-OH is 2. The summed E-state index contributed by atoms with van der Waals surface area (Å²) in [4.78, 5) is 24.1. The first-order valence-electron chi connectivity index (χ1n) is 12.3. The van der Waals surface area contributed by atoms with E-state index in [0.29, 0.717) is 26.1 Å². The topological polar surface area (TPSA) is 134 Å². The maximum atomic E-state index is 13.1. The van der Waals surface area contributed by atoms with Gasteiger partial charge in [-0.3, -0.25) is 9.59 Å². The average molecular weight is 465 g/mol. The maximum Gasteiger partial charge on any atom is 0.306 e. The Morgan fingerprint density at radius 2 is 1.88 bits per heavy atom. The van der Waals surface area contributed by atoms with Gasteiger partial charge in [0, 0.05) is 18.3 Å². The van der Waals surface area contributed by atoms with Crippen molar-refractivity contribution in [3.05, 3.63) is 11.6 Å². The third-order valence-corrected chi connectivity index (χ3v) is 10.1. The summed E-state index contributed by atoms with van der Waals surface area (Å²) in [6, 6.07) is 0. The quantitative estimate of drug-likeness (QED) is 0.463. The summed E-state index contributed by atoms with van der Waals surface area (Å²) in [5.74, 6) is -2.53. The van der Waals surface area contributed by atoms with Crippen molar-refractivity contribution in [2.24, 2.45) is 28.6 Å². The standard InChI is InChI=1S/C25H36O8/c1-22-7-8-24(32-9-10-33-24)12-14(22)3-4-15-16-5-6-25(31,21(30)17(26)11-19(28)29)23(16,2)13-18(27)20(15)22/h3,15-18,20,26-27,31H,4-13H2,1-2H3,(H,28,29)/t15-,16-,17?,18+,20+,22-,23-,25-/m0/s1. The highest BCUT2D eigenvalue weighted by atomic mass is 16.7. The number of allylic oxidation sites excluding steroid dienone is 1. The van der Waals surface area contributed by atoms with Gasteiger partial charge in [-0.1, -0.05) is 25.5 Å². The highest BCUT2D eigenvalue weighted by Gasteiger charge is 2.69. The van der Waals surface area contributed by atoms with Crippen LogP contribution >= 0.6 is 0 Å². The summed E-state index contributed by atoms with van der Waals surface area (Å²) in [5.41, 5.74) is -1.68. The predicted molar refractivity (Wildman–Crippen MR) is 116 cm³/mol. The van der Waals surface area contributed by atoms with E-state index in [9.17, 15) is 24.9 Å². The van der Waals surface area contributed by atoms with Gasteiger partial charge in [-0.25, -0.2) is 0 Å². The molecule has 4 aliphatic carbocycles. The van der Waals surface area contributed by atoms with E-state index in [1.165, 1.54) is 5.57 Å². The van der Waals surface area contributed by atoms with Crippen molar-refractivity contribution in [1.29, 1.82) is 0 Å². The van der Waals surface area contributed by atoms with Crippen LogP contribution < -0.4 is 0 Å². The molecule has 8 atom stereocenters. The molecule has 0 aromatic heterocycles. The Balaban J connectivity index is 1.45. The molecule has 0 radical (unpaired) electrons. The Morgan fingerprint density at radius 3 is 2.55 bits per heavy atom. The average Bonchev–Trinajstić information content (AvgIpc) is 3.30. The van der Waals surface area contributed by atoms with Crippen LogP contribution in [-0.4, -0.2) is 69.0 Å². The van der Waals surface area contributed by atoms with Crippen molar-refractivity contribution < 1.29 is 39.5 Å². The van der Waals surface area contributed by atoms with Gasteiger partial charge in [0.05, 0.1) is 25.7 Å². The molecule has 1 heterocycles. The second kappa shape index (κ2) is 7.59. The van der Waals surface area contributed by atoms with E-state index in [0.717, 1.165) is 19.3 Å². The van der Waals surface area contributed by atoms with Crippen molar-refractivity contribution >= 4 is 11.8 Å².